The van der Waals surface area contributed by atoms with Gasteiger partial charge in [0.25, 0.3) is 5.91 Å². The first-order valence-corrected chi connectivity index (χ1v) is 8.01. The van der Waals surface area contributed by atoms with E-state index in [4.69, 9.17) is 0 Å². The van der Waals surface area contributed by atoms with Crippen LogP contribution in [-0.4, -0.2) is 18.4 Å². The number of hydrogen-bond donors (Lipinski definition) is 2. The molecule has 118 valence electrons. The molecule has 0 saturated carbocycles. The van der Waals surface area contributed by atoms with Crippen LogP contribution >= 0.6 is 15.9 Å². The van der Waals surface area contributed by atoms with Crippen LogP contribution in [0.1, 0.15) is 22.8 Å². The highest BCUT2D eigenvalue weighted by Crippen LogP contribution is 2.17. The molecule has 0 aliphatic carbocycles. The van der Waals surface area contributed by atoms with Crippen molar-refractivity contribution in [3.63, 3.8) is 0 Å². The van der Waals surface area contributed by atoms with Gasteiger partial charge in [-0.05, 0) is 42.8 Å². The van der Waals surface area contributed by atoms with E-state index in [-0.39, 0.29) is 11.8 Å². The van der Waals surface area contributed by atoms with Crippen molar-refractivity contribution in [2.24, 2.45) is 0 Å². The van der Waals surface area contributed by atoms with E-state index < -0.39 is 0 Å². The summed E-state index contributed by atoms with van der Waals surface area (Å²) in [6.07, 6.45) is 3.19. The Morgan fingerprint density at radius 2 is 1.91 bits per heavy atom. The predicted molar refractivity (Wildman–Crippen MR) is 96.3 cm³/mol. The van der Waals surface area contributed by atoms with Gasteiger partial charge in [0.1, 0.15) is 0 Å². The zero-order valence-electron chi connectivity index (χ0n) is 12.7. The number of carbonyl (C=O) groups is 2. The van der Waals surface area contributed by atoms with Crippen LogP contribution in [0.3, 0.4) is 0 Å². The van der Waals surface area contributed by atoms with Crippen molar-refractivity contribution in [2.45, 2.75) is 6.92 Å². The minimum absolute atomic E-state index is 0.160. The van der Waals surface area contributed by atoms with E-state index >= 15 is 0 Å². The lowest BCUT2D eigenvalue weighted by Gasteiger charge is -2.06. The first kappa shape index (κ1) is 17.0. The van der Waals surface area contributed by atoms with E-state index in [1.165, 1.54) is 6.08 Å². The van der Waals surface area contributed by atoms with Crippen LogP contribution in [0.25, 0.3) is 6.08 Å². The smallest absolute Gasteiger partial charge is 0.251 e. The second-order valence-corrected chi connectivity index (χ2v) is 5.64. The maximum absolute atomic E-state index is 12.0. The van der Waals surface area contributed by atoms with Gasteiger partial charge in [-0.25, -0.2) is 0 Å². The number of rotatable bonds is 5. The average Bonchev–Trinajstić information content (AvgIpc) is 2.54. The SMILES string of the molecule is CCNC(=O)c1cccc(NC(=O)/C=C/c2ccccc2Br)c1. The van der Waals surface area contributed by atoms with Crippen LogP contribution in [0.2, 0.25) is 0 Å². The monoisotopic (exact) mass is 372 g/mol. The molecule has 2 rings (SSSR count). The maximum Gasteiger partial charge on any atom is 0.251 e. The van der Waals surface area contributed by atoms with E-state index in [0.717, 1.165) is 10.0 Å². The van der Waals surface area contributed by atoms with Crippen LogP contribution in [0.4, 0.5) is 5.69 Å². The molecule has 4 nitrogen and oxygen atoms in total. The van der Waals surface area contributed by atoms with E-state index in [9.17, 15) is 9.59 Å². The van der Waals surface area contributed by atoms with Crippen molar-refractivity contribution in [1.29, 1.82) is 0 Å². The summed E-state index contributed by atoms with van der Waals surface area (Å²) in [5, 5.41) is 5.47. The van der Waals surface area contributed by atoms with Crippen LogP contribution < -0.4 is 10.6 Å². The molecule has 2 N–H and O–H groups in total. The van der Waals surface area contributed by atoms with Gasteiger partial charge < -0.3 is 10.6 Å². The summed E-state index contributed by atoms with van der Waals surface area (Å²) >= 11 is 3.43. The Morgan fingerprint density at radius 1 is 1.13 bits per heavy atom. The maximum atomic E-state index is 12.0. The van der Waals surface area contributed by atoms with Gasteiger partial charge in [0, 0.05) is 28.3 Å². The zero-order chi connectivity index (χ0) is 16.7. The Labute approximate surface area is 143 Å². The van der Waals surface area contributed by atoms with Gasteiger partial charge in [0.15, 0.2) is 0 Å². The van der Waals surface area contributed by atoms with Crippen molar-refractivity contribution in [3.8, 4) is 0 Å². The summed E-state index contributed by atoms with van der Waals surface area (Å²) in [5.74, 6) is -0.416. The summed E-state index contributed by atoms with van der Waals surface area (Å²) in [7, 11) is 0. The molecule has 2 aromatic carbocycles. The molecular formula is C18H17BrN2O2. The van der Waals surface area contributed by atoms with Crippen molar-refractivity contribution in [2.75, 3.05) is 11.9 Å². The third kappa shape index (κ3) is 5.07. The van der Waals surface area contributed by atoms with Crippen LogP contribution in [0.15, 0.2) is 59.1 Å². The second kappa shape index (κ2) is 8.29. The first-order chi connectivity index (χ1) is 11.1. The normalized spacial score (nSPS) is 10.5. The lowest BCUT2D eigenvalue weighted by Crippen LogP contribution is -2.22. The summed E-state index contributed by atoms with van der Waals surface area (Å²) in [6.45, 7) is 2.42. The fourth-order valence-electron chi connectivity index (χ4n) is 1.96. The molecule has 2 aromatic rings. The number of halogens is 1. The molecule has 0 saturated heterocycles. The standard InChI is InChI=1S/C18H17BrN2O2/c1-2-20-18(23)14-7-5-8-15(12-14)21-17(22)11-10-13-6-3-4-9-16(13)19/h3-12H,2H2,1H3,(H,20,23)(H,21,22)/b11-10+. The summed E-state index contributed by atoms with van der Waals surface area (Å²) < 4.78 is 0.919. The van der Waals surface area contributed by atoms with Gasteiger partial charge in [-0.2, -0.15) is 0 Å². The molecule has 0 aliphatic heterocycles. The molecule has 0 bridgehead atoms. The van der Waals surface area contributed by atoms with Gasteiger partial charge in [-0.15, -0.1) is 0 Å². The Balaban J connectivity index is 2.04. The van der Waals surface area contributed by atoms with Crippen molar-refractivity contribution in [3.05, 3.63) is 70.2 Å². The number of hydrogen-bond acceptors (Lipinski definition) is 2. The third-order valence-corrected chi connectivity index (χ3v) is 3.77. The molecule has 5 heteroatoms. The van der Waals surface area contributed by atoms with Gasteiger partial charge >= 0.3 is 0 Å². The quantitative estimate of drug-likeness (QED) is 0.783. The minimum atomic E-state index is -0.256. The topological polar surface area (TPSA) is 58.2 Å². The third-order valence-electron chi connectivity index (χ3n) is 3.05. The second-order valence-electron chi connectivity index (χ2n) is 4.78. The van der Waals surface area contributed by atoms with Crippen molar-refractivity contribution < 1.29 is 9.59 Å². The largest absolute Gasteiger partial charge is 0.352 e. The molecular weight excluding hydrogens is 356 g/mol. The minimum Gasteiger partial charge on any atom is -0.352 e. The fraction of sp³-hybridized carbons (Fsp3) is 0.111. The van der Waals surface area contributed by atoms with Gasteiger partial charge in [-0.3, -0.25) is 9.59 Å². The van der Waals surface area contributed by atoms with Crippen molar-refractivity contribution >= 4 is 39.5 Å². The lowest BCUT2D eigenvalue weighted by atomic mass is 10.2. The molecule has 0 spiro atoms. The zero-order valence-corrected chi connectivity index (χ0v) is 14.3. The first-order valence-electron chi connectivity index (χ1n) is 7.22. The molecule has 0 atom stereocenters. The number of nitrogens with one attached hydrogen (secondary N) is 2. The highest BCUT2D eigenvalue weighted by atomic mass is 79.9. The fourth-order valence-corrected chi connectivity index (χ4v) is 2.38. The van der Waals surface area contributed by atoms with Crippen LogP contribution in [-0.2, 0) is 4.79 Å². The molecule has 0 fully saturated rings. The predicted octanol–water partition coefficient (Wildman–Crippen LogP) is 3.85. The number of amides is 2. The van der Waals surface area contributed by atoms with Gasteiger partial charge in [0.2, 0.25) is 5.91 Å². The highest BCUT2D eigenvalue weighted by molar-refractivity contribution is 9.10. The Morgan fingerprint density at radius 3 is 2.65 bits per heavy atom. The molecule has 0 heterocycles. The number of carbonyl (C=O) groups excluding carboxylic acids is 2. The lowest BCUT2D eigenvalue weighted by molar-refractivity contribution is -0.111. The molecule has 0 aliphatic rings. The number of anilines is 1. The van der Waals surface area contributed by atoms with Crippen LogP contribution in [0.5, 0.6) is 0 Å². The molecule has 0 radical (unpaired) electrons. The molecule has 0 unspecified atom stereocenters. The van der Waals surface area contributed by atoms with Crippen LogP contribution in [0, 0.1) is 0 Å². The van der Waals surface area contributed by atoms with E-state index in [2.05, 4.69) is 26.6 Å². The summed E-state index contributed by atoms with van der Waals surface area (Å²) in [5.41, 5.74) is 2.01. The summed E-state index contributed by atoms with van der Waals surface area (Å²) in [4.78, 5) is 23.8. The molecule has 2 amide bonds. The number of benzene rings is 2. The van der Waals surface area contributed by atoms with E-state index in [1.54, 1.807) is 30.3 Å². The van der Waals surface area contributed by atoms with Crippen molar-refractivity contribution in [1.82, 2.24) is 5.32 Å². The Bertz CT molecular complexity index is 741. The Hall–Kier alpha value is -2.40. The van der Waals surface area contributed by atoms with E-state index in [0.29, 0.717) is 17.8 Å². The summed E-state index contributed by atoms with van der Waals surface area (Å²) in [6, 6.07) is 14.5. The molecule has 0 aromatic heterocycles. The van der Waals surface area contributed by atoms with E-state index in [1.807, 2.05) is 31.2 Å². The highest BCUT2D eigenvalue weighted by Gasteiger charge is 2.05. The average molecular weight is 373 g/mol. The Kier molecular flexibility index (Phi) is 6.11. The van der Waals surface area contributed by atoms with Gasteiger partial charge in [0.05, 0.1) is 0 Å². The van der Waals surface area contributed by atoms with Gasteiger partial charge in [-0.1, -0.05) is 40.2 Å². The molecule has 23 heavy (non-hydrogen) atoms.